The summed E-state index contributed by atoms with van der Waals surface area (Å²) in [5, 5.41) is 5.27. The summed E-state index contributed by atoms with van der Waals surface area (Å²) in [6, 6.07) is 11.9. The van der Waals surface area contributed by atoms with Crippen LogP contribution >= 0.6 is 34.4 Å². The molecule has 0 aliphatic heterocycles. The van der Waals surface area contributed by atoms with Gasteiger partial charge < -0.3 is 4.90 Å². The standard InChI is InChI=1S/C23H23N3O2S3/c1-4-25(17-10-7-6-9-15(17)3)19(27)14-31-23-24-21-20(22(28)26(23)5-2)16(13-30-21)18-11-8-12-29-18/h6-13H,4-5,14H2,1-3H3. The zero-order chi connectivity index (χ0) is 22.0. The molecule has 0 aliphatic rings. The van der Waals surface area contributed by atoms with Gasteiger partial charge in [0.05, 0.1) is 11.1 Å². The van der Waals surface area contributed by atoms with Crippen LogP contribution in [0.25, 0.3) is 20.7 Å². The molecule has 3 aromatic heterocycles. The lowest BCUT2D eigenvalue weighted by atomic mass is 10.2. The highest BCUT2D eigenvalue weighted by molar-refractivity contribution is 7.99. The zero-order valence-corrected chi connectivity index (χ0v) is 20.1. The summed E-state index contributed by atoms with van der Waals surface area (Å²) in [6.45, 7) is 7.01. The topological polar surface area (TPSA) is 55.2 Å². The molecular formula is C23H23N3O2S3. The third kappa shape index (κ3) is 4.20. The van der Waals surface area contributed by atoms with Crippen LogP contribution in [0.15, 0.2) is 57.1 Å². The van der Waals surface area contributed by atoms with E-state index in [-0.39, 0.29) is 17.2 Å². The zero-order valence-electron chi connectivity index (χ0n) is 17.6. The third-order valence-corrected chi connectivity index (χ3v) is 7.85. The van der Waals surface area contributed by atoms with Crippen molar-refractivity contribution in [3.63, 3.8) is 0 Å². The highest BCUT2D eigenvalue weighted by Gasteiger charge is 2.20. The van der Waals surface area contributed by atoms with Crippen molar-refractivity contribution >= 4 is 56.2 Å². The Bertz CT molecular complexity index is 1280. The van der Waals surface area contributed by atoms with Gasteiger partial charge in [0, 0.05) is 34.6 Å². The molecule has 0 fully saturated rings. The Hall–Kier alpha value is -2.42. The fourth-order valence-corrected chi connectivity index (χ4v) is 6.30. The molecule has 0 atom stereocenters. The average Bonchev–Trinajstić information content (AvgIpc) is 3.44. The lowest BCUT2D eigenvalue weighted by Crippen LogP contribution is -2.33. The minimum absolute atomic E-state index is 0.00394. The Labute approximate surface area is 193 Å². The Morgan fingerprint density at radius 2 is 1.97 bits per heavy atom. The number of aryl methyl sites for hydroxylation is 1. The van der Waals surface area contributed by atoms with E-state index in [4.69, 9.17) is 4.98 Å². The van der Waals surface area contributed by atoms with Gasteiger partial charge in [0.1, 0.15) is 4.83 Å². The van der Waals surface area contributed by atoms with Crippen LogP contribution in [0.4, 0.5) is 5.69 Å². The molecule has 0 N–H and O–H groups in total. The molecule has 0 aliphatic carbocycles. The van der Waals surface area contributed by atoms with Crippen molar-refractivity contribution in [2.24, 2.45) is 0 Å². The fraction of sp³-hybridized carbons (Fsp3) is 0.261. The highest BCUT2D eigenvalue weighted by Crippen LogP contribution is 2.34. The molecule has 160 valence electrons. The number of benzene rings is 1. The number of rotatable bonds is 7. The van der Waals surface area contributed by atoms with Gasteiger partial charge in [-0.3, -0.25) is 14.2 Å². The van der Waals surface area contributed by atoms with Crippen LogP contribution in [-0.4, -0.2) is 27.8 Å². The van der Waals surface area contributed by atoms with Crippen molar-refractivity contribution in [2.45, 2.75) is 32.5 Å². The Balaban J connectivity index is 1.63. The number of anilines is 1. The van der Waals surface area contributed by atoms with E-state index in [1.165, 1.54) is 23.1 Å². The number of fused-ring (bicyclic) bond motifs is 1. The van der Waals surface area contributed by atoms with Crippen LogP contribution in [0.3, 0.4) is 0 Å². The monoisotopic (exact) mass is 469 g/mol. The molecule has 5 nitrogen and oxygen atoms in total. The van der Waals surface area contributed by atoms with Gasteiger partial charge in [0.2, 0.25) is 5.91 Å². The molecule has 4 aromatic rings. The van der Waals surface area contributed by atoms with Crippen molar-refractivity contribution in [1.29, 1.82) is 0 Å². The summed E-state index contributed by atoms with van der Waals surface area (Å²) in [5.74, 6) is 0.229. The maximum atomic E-state index is 13.3. The number of amides is 1. The van der Waals surface area contributed by atoms with E-state index in [0.29, 0.717) is 23.6 Å². The lowest BCUT2D eigenvalue weighted by Gasteiger charge is -2.23. The van der Waals surface area contributed by atoms with E-state index in [0.717, 1.165) is 26.5 Å². The number of thiophene rings is 2. The highest BCUT2D eigenvalue weighted by atomic mass is 32.2. The number of aromatic nitrogens is 2. The lowest BCUT2D eigenvalue weighted by molar-refractivity contribution is -0.116. The fourth-order valence-electron chi connectivity index (χ4n) is 3.56. The molecule has 1 aromatic carbocycles. The van der Waals surface area contributed by atoms with E-state index in [2.05, 4.69) is 0 Å². The second kappa shape index (κ2) is 9.38. The first-order valence-electron chi connectivity index (χ1n) is 10.1. The minimum Gasteiger partial charge on any atom is -0.312 e. The van der Waals surface area contributed by atoms with Gasteiger partial charge in [-0.05, 0) is 43.8 Å². The molecule has 31 heavy (non-hydrogen) atoms. The molecular weight excluding hydrogens is 446 g/mol. The van der Waals surface area contributed by atoms with Crippen LogP contribution in [0.1, 0.15) is 19.4 Å². The minimum atomic E-state index is -0.0432. The Kier molecular flexibility index (Phi) is 6.60. The van der Waals surface area contributed by atoms with Gasteiger partial charge >= 0.3 is 0 Å². The van der Waals surface area contributed by atoms with E-state index < -0.39 is 0 Å². The maximum Gasteiger partial charge on any atom is 0.263 e. The summed E-state index contributed by atoms with van der Waals surface area (Å²) >= 11 is 4.42. The van der Waals surface area contributed by atoms with Gasteiger partial charge in [-0.2, -0.15) is 0 Å². The Morgan fingerprint density at radius 3 is 2.65 bits per heavy atom. The van der Waals surface area contributed by atoms with Crippen LogP contribution < -0.4 is 10.5 Å². The van der Waals surface area contributed by atoms with Crippen molar-refractivity contribution in [2.75, 3.05) is 17.2 Å². The average molecular weight is 470 g/mol. The largest absolute Gasteiger partial charge is 0.312 e. The van der Waals surface area contributed by atoms with E-state index >= 15 is 0 Å². The van der Waals surface area contributed by atoms with Gasteiger partial charge in [-0.15, -0.1) is 22.7 Å². The number of nitrogens with zero attached hydrogens (tertiary/aromatic N) is 3. The second-order valence-corrected chi connectivity index (χ2v) is 9.71. The first kappa shape index (κ1) is 21.8. The third-order valence-electron chi connectivity index (χ3n) is 5.11. The van der Waals surface area contributed by atoms with Crippen LogP contribution in [-0.2, 0) is 11.3 Å². The van der Waals surface area contributed by atoms with Gasteiger partial charge in [-0.1, -0.05) is 36.0 Å². The predicted octanol–water partition coefficient (Wildman–Crippen LogP) is 5.66. The van der Waals surface area contributed by atoms with E-state index in [9.17, 15) is 9.59 Å². The maximum absolute atomic E-state index is 13.3. The molecule has 0 radical (unpaired) electrons. The van der Waals surface area contributed by atoms with Gasteiger partial charge in [0.25, 0.3) is 5.56 Å². The number of carbonyl (C=O) groups is 1. The molecule has 8 heteroatoms. The number of hydrogen-bond acceptors (Lipinski definition) is 6. The summed E-state index contributed by atoms with van der Waals surface area (Å²) < 4.78 is 1.67. The molecule has 0 saturated heterocycles. The van der Waals surface area contributed by atoms with Gasteiger partial charge in [-0.25, -0.2) is 4.98 Å². The normalized spacial score (nSPS) is 11.2. The first-order valence-corrected chi connectivity index (χ1v) is 12.8. The van der Waals surface area contributed by atoms with Crippen LogP contribution in [0, 0.1) is 6.92 Å². The summed E-state index contributed by atoms with van der Waals surface area (Å²) in [4.78, 5) is 34.6. The number of hydrogen-bond donors (Lipinski definition) is 0. The molecule has 1 amide bonds. The second-order valence-electron chi connectivity index (χ2n) is 6.96. The smallest absolute Gasteiger partial charge is 0.263 e. The van der Waals surface area contributed by atoms with Crippen LogP contribution in [0.2, 0.25) is 0 Å². The number of para-hydroxylation sites is 1. The van der Waals surface area contributed by atoms with Crippen molar-refractivity contribution in [3.8, 4) is 10.4 Å². The van der Waals surface area contributed by atoms with Crippen molar-refractivity contribution < 1.29 is 4.79 Å². The summed E-state index contributed by atoms with van der Waals surface area (Å²) in [7, 11) is 0. The molecule has 0 saturated carbocycles. The summed E-state index contributed by atoms with van der Waals surface area (Å²) in [6.07, 6.45) is 0. The first-order chi connectivity index (χ1) is 15.0. The Morgan fingerprint density at radius 1 is 1.16 bits per heavy atom. The van der Waals surface area contributed by atoms with Crippen LogP contribution in [0.5, 0.6) is 0 Å². The van der Waals surface area contributed by atoms with E-state index in [1.807, 2.05) is 67.9 Å². The van der Waals surface area contributed by atoms with Crippen molar-refractivity contribution in [3.05, 3.63) is 63.1 Å². The van der Waals surface area contributed by atoms with Crippen molar-refractivity contribution in [1.82, 2.24) is 9.55 Å². The molecule has 4 rings (SSSR count). The molecule has 0 spiro atoms. The quantitative estimate of drug-likeness (QED) is 0.259. The molecule has 3 heterocycles. The molecule has 0 bridgehead atoms. The number of thioether (sulfide) groups is 1. The van der Waals surface area contributed by atoms with E-state index in [1.54, 1.807) is 20.8 Å². The summed E-state index contributed by atoms with van der Waals surface area (Å²) in [5.41, 5.74) is 2.88. The SMILES string of the molecule is CCN(C(=O)CSc1nc2scc(-c3cccs3)c2c(=O)n1CC)c1ccccc1C. The molecule has 0 unspecified atom stereocenters. The predicted molar refractivity (Wildman–Crippen MR) is 133 cm³/mol. The van der Waals surface area contributed by atoms with Gasteiger partial charge in [0.15, 0.2) is 5.16 Å². The number of carbonyl (C=O) groups excluding carboxylic acids is 1.